The van der Waals surface area contributed by atoms with Crippen LogP contribution in [-0.4, -0.2) is 24.3 Å². The first-order chi connectivity index (χ1) is 21.1. The van der Waals surface area contributed by atoms with E-state index in [1.165, 1.54) is 77.4 Å². The second kappa shape index (κ2) is 11.3. The van der Waals surface area contributed by atoms with Crippen LogP contribution in [0.4, 0.5) is 0 Å². The standard InChI is InChI=1S/C41H62O4/c1-26(2)27(3)10-11-28(4)30-18-20-39(8)34-16-15-33-37(5,6)35(19-21-40(33)25-41(34,40)23-22-38(30,39)7)45-36(43)17-13-29-12-14-31(42)32(24-29)44-9/h12-14,17,24,26-28,30,33-35,42H,10-11,15-16,18-23,25H2,1-9H3/b17-13+/t27?,28-,30-,33+,34+,35+,38-,39+,40-,41+/m1/s1. The summed E-state index contributed by atoms with van der Waals surface area (Å²) in [5.74, 6) is 4.99. The van der Waals surface area contributed by atoms with Crippen LogP contribution in [0.5, 0.6) is 11.5 Å². The molecule has 0 saturated heterocycles. The van der Waals surface area contributed by atoms with Gasteiger partial charge in [-0.2, -0.15) is 0 Å². The number of esters is 1. The molecule has 5 aliphatic carbocycles. The molecule has 1 N–H and O–H groups in total. The van der Waals surface area contributed by atoms with E-state index in [1.807, 2.05) is 0 Å². The molecule has 250 valence electrons. The van der Waals surface area contributed by atoms with Crippen LogP contribution in [0.1, 0.15) is 132 Å². The zero-order valence-corrected chi connectivity index (χ0v) is 29.9. The Morgan fingerprint density at radius 2 is 1.62 bits per heavy atom. The van der Waals surface area contributed by atoms with Crippen molar-refractivity contribution in [3.63, 3.8) is 0 Å². The van der Waals surface area contributed by atoms with E-state index in [9.17, 15) is 9.90 Å². The zero-order valence-electron chi connectivity index (χ0n) is 29.9. The average molecular weight is 619 g/mol. The summed E-state index contributed by atoms with van der Waals surface area (Å²) in [5.41, 5.74) is 2.65. The molecule has 4 heteroatoms. The van der Waals surface area contributed by atoms with Gasteiger partial charge in [-0.05, 0) is 139 Å². The Labute approximate surface area is 274 Å². The van der Waals surface area contributed by atoms with E-state index in [0.717, 1.165) is 41.6 Å². The number of aromatic hydroxyl groups is 1. The quantitative estimate of drug-likeness (QED) is 0.221. The van der Waals surface area contributed by atoms with Gasteiger partial charge in [0.1, 0.15) is 6.10 Å². The minimum absolute atomic E-state index is 0.0283. The molecule has 0 amide bonds. The van der Waals surface area contributed by atoms with Crippen molar-refractivity contribution in [3.8, 4) is 11.5 Å². The molecule has 0 aliphatic heterocycles. The molecule has 5 aliphatic rings. The molecule has 5 fully saturated rings. The molecule has 4 nitrogen and oxygen atoms in total. The van der Waals surface area contributed by atoms with Crippen molar-refractivity contribution in [1.29, 1.82) is 0 Å². The number of carbonyl (C=O) groups excluding carboxylic acids is 1. The Balaban J connectivity index is 1.14. The summed E-state index contributed by atoms with van der Waals surface area (Å²) in [4.78, 5) is 13.1. The Morgan fingerprint density at radius 3 is 2.33 bits per heavy atom. The van der Waals surface area contributed by atoms with Crippen LogP contribution >= 0.6 is 0 Å². The van der Waals surface area contributed by atoms with Crippen LogP contribution in [0, 0.1) is 62.6 Å². The highest BCUT2D eigenvalue weighted by Gasteiger charge is 2.82. The van der Waals surface area contributed by atoms with E-state index < -0.39 is 0 Å². The van der Waals surface area contributed by atoms with E-state index in [2.05, 4.69) is 55.4 Å². The number of benzene rings is 1. The Bertz CT molecular complexity index is 1310. The average Bonchev–Trinajstić information content (AvgIpc) is 3.58. The molecule has 1 aromatic rings. The maximum absolute atomic E-state index is 13.1. The molecule has 2 spiro atoms. The zero-order chi connectivity index (χ0) is 32.6. The number of rotatable bonds is 9. The predicted octanol–water partition coefficient (Wildman–Crippen LogP) is 10.5. The summed E-state index contributed by atoms with van der Waals surface area (Å²) in [6, 6.07) is 5.09. The predicted molar refractivity (Wildman–Crippen MR) is 183 cm³/mol. The first-order valence-corrected chi connectivity index (χ1v) is 18.4. The van der Waals surface area contributed by atoms with Crippen LogP contribution in [-0.2, 0) is 9.53 Å². The third-order valence-corrected chi connectivity index (χ3v) is 15.9. The van der Waals surface area contributed by atoms with E-state index in [4.69, 9.17) is 9.47 Å². The maximum Gasteiger partial charge on any atom is 0.331 e. The number of carbonyl (C=O) groups is 1. The summed E-state index contributed by atoms with van der Waals surface area (Å²) >= 11 is 0. The highest BCUT2D eigenvalue weighted by Crippen LogP contribution is 2.89. The lowest BCUT2D eigenvalue weighted by Crippen LogP contribution is -2.58. The fourth-order valence-electron chi connectivity index (χ4n) is 12.7. The highest BCUT2D eigenvalue weighted by molar-refractivity contribution is 5.87. The molecule has 10 atom stereocenters. The molecular formula is C41H62O4. The first kappa shape index (κ1) is 33.0. The number of fused-ring (bicyclic) bond motifs is 2. The smallest absolute Gasteiger partial charge is 0.331 e. The van der Waals surface area contributed by atoms with E-state index >= 15 is 0 Å². The van der Waals surface area contributed by atoms with Gasteiger partial charge in [-0.15, -0.1) is 0 Å². The monoisotopic (exact) mass is 618 g/mol. The molecule has 45 heavy (non-hydrogen) atoms. The largest absolute Gasteiger partial charge is 0.504 e. The number of phenolic OH excluding ortho intramolecular Hbond substituents is 1. The minimum Gasteiger partial charge on any atom is -0.504 e. The van der Waals surface area contributed by atoms with Crippen LogP contribution < -0.4 is 4.74 Å². The molecule has 0 radical (unpaired) electrons. The van der Waals surface area contributed by atoms with Gasteiger partial charge in [0.2, 0.25) is 0 Å². The van der Waals surface area contributed by atoms with E-state index in [-0.39, 0.29) is 23.2 Å². The first-order valence-electron chi connectivity index (χ1n) is 18.4. The third kappa shape index (κ3) is 4.92. The fourth-order valence-corrected chi connectivity index (χ4v) is 12.7. The number of ether oxygens (including phenoxy) is 2. The maximum atomic E-state index is 13.1. The lowest BCUT2D eigenvalue weighted by atomic mass is 9.41. The molecule has 0 aromatic heterocycles. The number of hydrogen-bond acceptors (Lipinski definition) is 4. The molecule has 1 unspecified atom stereocenters. The molecule has 0 heterocycles. The summed E-state index contributed by atoms with van der Waals surface area (Å²) in [7, 11) is 1.53. The molecule has 5 saturated carbocycles. The Hall–Kier alpha value is -1.97. The number of methoxy groups -OCH3 is 1. The second-order valence-electron chi connectivity index (χ2n) is 18.0. The highest BCUT2D eigenvalue weighted by atomic mass is 16.5. The summed E-state index contributed by atoms with van der Waals surface area (Å²) in [6.07, 6.45) is 17.9. The van der Waals surface area contributed by atoms with Gasteiger partial charge in [-0.3, -0.25) is 0 Å². The van der Waals surface area contributed by atoms with Crippen LogP contribution in [0.2, 0.25) is 0 Å². The van der Waals surface area contributed by atoms with Crippen molar-refractivity contribution in [2.45, 2.75) is 132 Å². The van der Waals surface area contributed by atoms with Crippen LogP contribution in [0.3, 0.4) is 0 Å². The topological polar surface area (TPSA) is 55.8 Å². The van der Waals surface area contributed by atoms with Gasteiger partial charge in [-0.25, -0.2) is 4.79 Å². The summed E-state index contributed by atoms with van der Waals surface area (Å²) < 4.78 is 11.5. The Morgan fingerprint density at radius 1 is 0.911 bits per heavy atom. The molecular weight excluding hydrogens is 556 g/mol. The van der Waals surface area contributed by atoms with E-state index in [0.29, 0.717) is 33.3 Å². The minimum atomic E-state index is -0.273. The summed E-state index contributed by atoms with van der Waals surface area (Å²) in [6.45, 7) is 20.1. The summed E-state index contributed by atoms with van der Waals surface area (Å²) in [5, 5.41) is 9.89. The van der Waals surface area contributed by atoms with Gasteiger partial charge in [0.25, 0.3) is 0 Å². The van der Waals surface area contributed by atoms with Crippen molar-refractivity contribution in [2.75, 3.05) is 7.11 Å². The normalized spacial score (nSPS) is 41.0. The van der Waals surface area contributed by atoms with Crippen molar-refractivity contribution in [2.24, 2.45) is 62.6 Å². The fraction of sp³-hybridized carbons (Fsp3) is 0.780. The molecule has 0 bridgehead atoms. The molecule has 1 aromatic carbocycles. The third-order valence-electron chi connectivity index (χ3n) is 15.9. The van der Waals surface area contributed by atoms with Gasteiger partial charge in [-0.1, -0.05) is 74.3 Å². The van der Waals surface area contributed by atoms with Gasteiger partial charge in [0.05, 0.1) is 7.11 Å². The van der Waals surface area contributed by atoms with Gasteiger partial charge in [0, 0.05) is 11.5 Å². The van der Waals surface area contributed by atoms with Crippen molar-refractivity contribution in [1.82, 2.24) is 0 Å². The lowest BCUT2D eigenvalue weighted by molar-refractivity contribution is -0.179. The number of phenols is 1. The van der Waals surface area contributed by atoms with Crippen molar-refractivity contribution in [3.05, 3.63) is 29.8 Å². The van der Waals surface area contributed by atoms with Gasteiger partial charge >= 0.3 is 5.97 Å². The Kier molecular flexibility index (Phi) is 8.30. The second-order valence-corrected chi connectivity index (χ2v) is 18.0. The molecule has 6 rings (SSSR count). The van der Waals surface area contributed by atoms with Crippen molar-refractivity contribution < 1.29 is 19.4 Å². The van der Waals surface area contributed by atoms with Crippen molar-refractivity contribution >= 4 is 12.0 Å². The lowest BCUT2D eigenvalue weighted by Gasteiger charge is -2.63. The number of hydrogen-bond donors (Lipinski definition) is 1. The van der Waals surface area contributed by atoms with Gasteiger partial charge in [0.15, 0.2) is 11.5 Å². The van der Waals surface area contributed by atoms with Crippen LogP contribution in [0.15, 0.2) is 24.3 Å². The van der Waals surface area contributed by atoms with Gasteiger partial charge < -0.3 is 14.6 Å². The SMILES string of the molecule is COc1cc(/C=C/C(=O)O[C@H]2CC[C@]34C[C@]35CC[C@]3(C)[C@@H]([C@H](C)CCC(C)C(C)C)CC[C@@]3(C)[C@@H]5CC[C@H]4C2(C)C)ccc1O. The van der Waals surface area contributed by atoms with E-state index in [1.54, 1.807) is 24.3 Å². The van der Waals surface area contributed by atoms with Crippen LogP contribution in [0.25, 0.3) is 6.08 Å².